The molecule has 5 heteroatoms. The van der Waals surface area contributed by atoms with Gasteiger partial charge in [0, 0.05) is 10.6 Å². The minimum Gasteiger partial charge on any atom is -0.249 e. The van der Waals surface area contributed by atoms with Gasteiger partial charge in [0.25, 0.3) is 0 Å². The monoisotopic (exact) mass is 199 g/mol. The second-order valence-corrected chi connectivity index (χ2v) is 3.47. The summed E-state index contributed by atoms with van der Waals surface area (Å²) >= 11 is 0. The summed E-state index contributed by atoms with van der Waals surface area (Å²) in [7, 11) is 0. The van der Waals surface area contributed by atoms with E-state index in [1.807, 2.05) is 6.07 Å². The summed E-state index contributed by atoms with van der Waals surface area (Å²) in [5.74, 6) is 0.209. The van der Waals surface area contributed by atoms with Gasteiger partial charge in [0.2, 0.25) is 0 Å². The van der Waals surface area contributed by atoms with Gasteiger partial charge in [0.05, 0.1) is 5.56 Å². The van der Waals surface area contributed by atoms with Crippen molar-refractivity contribution in [3.05, 3.63) is 33.3 Å². The predicted molar refractivity (Wildman–Crippen MR) is 54.4 cm³/mol. The average Bonchev–Trinajstić information content (AvgIpc) is 2.28. The summed E-state index contributed by atoms with van der Waals surface area (Å²) in [5.41, 5.74) is 10.8. The number of nitriles is 1. The van der Waals surface area contributed by atoms with Crippen LogP contribution in [0.1, 0.15) is 29.7 Å². The first kappa shape index (κ1) is 9.50. The van der Waals surface area contributed by atoms with Crippen molar-refractivity contribution >= 4 is 5.82 Å². The lowest BCUT2D eigenvalue weighted by atomic mass is 9.95. The van der Waals surface area contributed by atoms with Crippen molar-refractivity contribution in [1.29, 1.82) is 5.26 Å². The summed E-state index contributed by atoms with van der Waals surface area (Å²) in [6.45, 7) is 0. The zero-order valence-electron chi connectivity index (χ0n) is 8.14. The predicted octanol–water partition coefficient (Wildman–Crippen LogP) is 2.77. The van der Waals surface area contributed by atoms with Gasteiger partial charge in [-0.3, -0.25) is 0 Å². The number of hydrogen-bond acceptors (Lipinski definition) is 3. The summed E-state index contributed by atoms with van der Waals surface area (Å²) < 4.78 is 0. The standard InChI is InChI=1S/C10H9N5/c11-6-8-5-7-3-1-2-4-9(7)13-10(8)14-15-12/h5H,1-4H2. The van der Waals surface area contributed by atoms with Crippen LogP contribution in [0.15, 0.2) is 11.2 Å². The number of rotatable bonds is 1. The van der Waals surface area contributed by atoms with E-state index in [4.69, 9.17) is 10.8 Å². The molecule has 5 nitrogen and oxygen atoms in total. The number of azide groups is 1. The zero-order valence-corrected chi connectivity index (χ0v) is 8.14. The van der Waals surface area contributed by atoms with Crippen molar-refractivity contribution in [3.63, 3.8) is 0 Å². The molecule has 1 aromatic heterocycles. The van der Waals surface area contributed by atoms with E-state index in [0.29, 0.717) is 5.56 Å². The SMILES string of the molecule is N#Cc1cc2c(nc1N=[N+]=[N-])CCCC2. The lowest BCUT2D eigenvalue weighted by Crippen LogP contribution is -2.05. The van der Waals surface area contributed by atoms with Gasteiger partial charge in [-0.1, -0.05) is 0 Å². The second kappa shape index (κ2) is 3.99. The van der Waals surface area contributed by atoms with Crippen LogP contribution in [0.2, 0.25) is 0 Å². The highest BCUT2D eigenvalue weighted by atomic mass is 15.2. The van der Waals surface area contributed by atoms with Gasteiger partial charge in [0.15, 0.2) is 0 Å². The van der Waals surface area contributed by atoms with Gasteiger partial charge in [0.1, 0.15) is 11.9 Å². The van der Waals surface area contributed by atoms with E-state index < -0.39 is 0 Å². The number of aryl methyl sites for hydroxylation is 2. The van der Waals surface area contributed by atoms with E-state index in [0.717, 1.165) is 36.9 Å². The van der Waals surface area contributed by atoms with Gasteiger partial charge in [-0.05, 0) is 48.0 Å². The van der Waals surface area contributed by atoms with Crippen LogP contribution in [0.4, 0.5) is 5.82 Å². The Labute approximate surface area is 87.0 Å². The minimum atomic E-state index is 0.209. The molecule has 0 aliphatic heterocycles. The Balaban J connectivity index is 2.57. The Morgan fingerprint density at radius 1 is 1.47 bits per heavy atom. The molecule has 0 saturated heterocycles. The van der Waals surface area contributed by atoms with Gasteiger partial charge in [-0.2, -0.15) is 5.26 Å². The lowest BCUT2D eigenvalue weighted by molar-refractivity contribution is 0.668. The highest BCUT2D eigenvalue weighted by Crippen LogP contribution is 2.25. The smallest absolute Gasteiger partial charge is 0.144 e. The quantitative estimate of drug-likeness (QED) is 0.395. The van der Waals surface area contributed by atoms with Crippen LogP contribution in [0.5, 0.6) is 0 Å². The van der Waals surface area contributed by atoms with E-state index in [-0.39, 0.29) is 5.82 Å². The van der Waals surface area contributed by atoms with Gasteiger partial charge < -0.3 is 0 Å². The van der Waals surface area contributed by atoms with E-state index in [1.165, 1.54) is 0 Å². The maximum atomic E-state index is 8.87. The van der Waals surface area contributed by atoms with Crippen molar-refractivity contribution < 1.29 is 0 Å². The molecule has 0 radical (unpaired) electrons. The van der Waals surface area contributed by atoms with E-state index in [1.54, 1.807) is 6.07 Å². The van der Waals surface area contributed by atoms with Crippen LogP contribution < -0.4 is 0 Å². The van der Waals surface area contributed by atoms with E-state index in [2.05, 4.69) is 15.0 Å². The molecule has 0 aromatic carbocycles. The minimum absolute atomic E-state index is 0.209. The second-order valence-electron chi connectivity index (χ2n) is 3.47. The van der Waals surface area contributed by atoms with Crippen LogP contribution in [-0.2, 0) is 12.8 Å². The third-order valence-corrected chi connectivity index (χ3v) is 2.54. The molecule has 2 rings (SSSR count). The van der Waals surface area contributed by atoms with E-state index >= 15 is 0 Å². The van der Waals surface area contributed by atoms with Crippen molar-refractivity contribution in [2.24, 2.45) is 5.11 Å². The molecule has 0 saturated carbocycles. The summed E-state index contributed by atoms with van der Waals surface area (Å²) in [5, 5.41) is 12.3. The highest BCUT2D eigenvalue weighted by molar-refractivity contribution is 5.50. The molecular weight excluding hydrogens is 190 g/mol. The third-order valence-electron chi connectivity index (χ3n) is 2.54. The Kier molecular flexibility index (Phi) is 2.53. The fourth-order valence-electron chi connectivity index (χ4n) is 1.82. The fraction of sp³-hybridized carbons (Fsp3) is 0.400. The molecule has 1 heterocycles. The fourth-order valence-corrected chi connectivity index (χ4v) is 1.82. The first-order valence-corrected chi connectivity index (χ1v) is 4.83. The van der Waals surface area contributed by atoms with Gasteiger partial charge in [-0.15, -0.1) is 0 Å². The topological polar surface area (TPSA) is 85.4 Å². The number of pyridine rings is 1. The largest absolute Gasteiger partial charge is 0.249 e. The number of hydrogen-bond donors (Lipinski definition) is 0. The number of aromatic nitrogens is 1. The van der Waals surface area contributed by atoms with Crippen molar-refractivity contribution in [2.45, 2.75) is 25.7 Å². The van der Waals surface area contributed by atoms with E-state index in [9.17, 15) is 0 Å². The highest BCUT2D eigenvalue weighted by Gasteiger charge is 2.13. The molecule has 1 aliphatic carbocycles. The Bertz CT molecular complexity index is 479. The molecule has 1 aromatic rings. The van der Waals surface area contributed by atoms with Crippen LogP contribution in [0.25, 0.3) is 10.4 Å². The lowest BCUT2D eigenvalue weighted by Gasteiger charge is -2.15. The maximum absolute atomic E-state index is 8.87. The Hall–Kier alpha value is -2.05. The Morgan fingerprint density at radius 2 is 2.27 bits per heavy atom. The molecule has 0 spiro atoms. The summed E-state index contributed by atoms with van der Waals surface area (Å²) in [6.07, 6.45) is 4.13. The molecule has 0 unspecified atom stereocenters. The molecule has 0 N–H and O–H groups in total. The third kappa shape index (κ3) is 1.76. The van der Waals surface area contributed by atoms with Crippen LogP contribution in [0.3, 0.4) is 0 Å². The zero-order chi connectivity index (χ0) is 10.7. The van der Waals surface area contributed by atoms with Gasteiger partial charge in [-0.25, -0.2) is 4.98 Å². The Morgan fingerprint density at radius 3 is 3.00 bits per heavy atom. The first-order chi connectivity index (χ1) is 7.35. The summed E-state index contributed by atoms with van der Waals surface area (Å²) in [4.78, 5) is 6.91. The molecule has 0 amide bonds. The number of nitrogens with zero attached hydrogens (tertiary/aromatic N) is 5. The average molecular weight is 199 g/mol. The van der Waals surface area contributed by atoms with Crippen molar-refractivity contribution in [2.75, 3.05) is 0 Å². The molecule has 15 heavy (non-hydrogen) atoms. The molecule has 0 bridgehead atoms. The normalized spacial score (nSPS) is 13.5. The van der Waals surface area contributed by atoms with Crippen LogP contribution in [0, 0.1) is 11.3 Å². The first-order valence-electron chi connectivity index (χ1n) is 4.83. The molecule has 1 aliphatic rings. The number of fused-ring (bicyclic) bond motifs is 1. The molecule has 0 fully saturated rings. The summed E-state index contributed by atoms with van der Waals surface area (Å²) in [6, 6.07) is 3.80. The molecule has 74 valence electrons. The molecule has 0 atom stereocenters. The van der Waals surface area contributed by atoms with Gasteiger partial charge >= 0.3 is 0 Å². The van der Waals surface area contributed by atoms with Crippen LogP contribution in [-0.4, -0.2) is 4.98 Å². The van der Waals surface area contributed by atoms with Crippen molar-refractivity contribution in [3.8, 4) is 6.07 Å². The van der Waals surface area contributed by atoms with Crippen molar-refractivity contribution in [1.82, 2.24) is 4.98 Å². The molecular formula is C10H9N5. The van der Waals surface area contributed by atoms with Crippen LogP contribution >= 0.6 is 0 Å². The maximum Gasteiger partial charge on any atom is 0.144 e.